The highest BCUT2D eigenvalue weighted by atomic mass is 32.2. The molecule has 2 amide bonds. The van der Waals surface area contributed by atoms with E-state index in [-0.39, 0.29) is 11.8 Å². The minimum absolute atomic E-state index is 0.213. The molecule has 6 nitrogen and oxygen atoms in total. The number of carbonyl (C=O) groups excluding carboxylic acids is 2. The summed E-state index contributed by atoms with van der Waals surface area (Å²) in [6.07, 6.45) is 0. The van der Waals surface area contributed by atoms with Crippen LogP contribution in [0.2, 0.25) is 0 Å². The SMILES string of the molecule is Cc1nc2cc(C(=O)N3CSCC3C(=O)Nc3cccc(F)c3)ccc2n1C. The van der Waals surface area contributed by atoms with Crippen LogP contribution in [0.3, 0.4) is 0 Å². The second kappa shape index (κ2) is 7.27. The number of anilines is 1. The lowest BCUT2D eigenvalue weighted by molar-refractivity contribution is -0.119. The maximum atomic E-state index is 13.4. The first-order chi connectivity index (χ1) is 13.4. The monoisotopic (exact) mass is 398 g/mol. The number of hydrogen-bond donors (Lipinski definition) is 1. The molecule has 4 rings (SSSR count). The molecule has 1 saturated heterocycles. The van der Waals surface area contributed by atoms with Crippen LogP contribution in [0.1, 0.15) is 16.2 Å². The lowest BCUT2D eigenvalue weighted by Crippen LogP contribution is -2.44. The first-order valence-corrected chi connectivity index (χ1v) is 9.98. The summed E-state index contributed by atoms with van der Waals surface area (Å²) >= 11 is 1.52. The van der Waals surface area contributed by atoms with Gasteiger partial charge in [0.1, 0.15) is 17.7 Å². The predicted molar refractivity (Wildman–Crippen MR) is 108 cm³/mol. The van der Waals surface area contributed by atoms with E-state index in [2.05, 4.69) is 10.3 Å². The summed E-state index contributed by atoms with van der Waals surface area (Å²) in [5, 5.41) is 2.70. The molecule has 0 spiro atoms. The van der Waals surface area contributed by atoms with Gasteiger partial charge in [-0.3, -0.25) is 9.59 Å². The summed E-state index contributed by atoms with van der Waals surface area (Å²) in [6, 6.07) is 10.5. The van der Waals surface area contributed by atoms with Crippen LogP contribution in [0.4, 0.5) is 10.1 Å². The van der Waals surface area contributed by atoms with E-state index in [4.69, 9.17) is 0 Å². The van der Waals surface area contributed by atoms with Gasteiger partial charge in [0.25, 0.3) is 5.91 Å². The maximum Gasteiger partial charge on any atom is 0.255 e. The van der Waals surface area contributed by atoms with Crippen LogP contribution in [0.25, 0.3) is 11.0 Å². The molecule has 1 aliphatic heterocycles. The zero-order valence-electron chi connectivity index (χ0n) is 15.5. The number of nitrogens with zero attached hydrogens (tertiary/aromatic N) is 3. The first kappa shape index (κ1) is 18.5. The minimum Gasteiger partial charge on any atom is -0.331 e. The summed E-state index contributed by atoms with van der Waals surface area (Å²) in [4.78, 5) is 31.7. The largest absolute Gasteiger partial charge is 0.331 e. The van der Waals surface area contributed by atoms with Gasteiger partial charge in [-0.25, -0.2) is 9.37 Å². The van der Waals surface area contributed by atoms with Crippen molar-refractivity contribution in [1.82, 2.24) is 14.5 Å². The number of rotatable bonds is 3. The molecule has 144 valence electrons. The van der Waals surface area contributed by atoms with Gasteiger partial charge in [0, 0.05) is 24.1 Å². The van der Waals surface area contributed by atoms with Gasteiger partial charge in [-0.05, 0) is 43.3 Å². The standard InChI is InChI=1S/C20H19FN4O2S/c1-12-22-16-8-13(6-7-17(16)24(12)2)20(27)25-11-28-10-18(25)19(26)23-15-5-3-4-14(21)9-15/h3-9,18H,10-11H2,1-2H3,(H,23,26). The molecule has 28 heavy (non-hydrogen) atoms. The quantitative estimate of drug-likeness (QED) is 0.736. The van der Waals surface area contributed by atoms with E-state index in [1.807, 2.05) is 24.6 Å². The topological polar surface area (TPSA) is 67.2 Å². The Kier molecular flexibility index (Phi) is 4.80. The zero-order chi connectivity index (χ0) is 19.8. The van der Waals surface area contributed by atoms with Crippen LogP contribution >= 0.6 is 11.8 Å². The number of amides is 2. The second-order valence-electron chi connectivity index (χ2n) is 6.71. The van der Waals surface area contributed by atoms with Crippen LogP contribution in [0, 0.1) is 12.7 Å². The van der Waals surface area contributed by atoms with Crippen molar-refractivity contribution in [2.45, 2.75) is 13.0 Å². The van der Waals surface area contributed by atoms with Crippen molar-refractivity contribution < 1.29 is 14.0 Å². The van der Waals surface area contributed by atoms with Crippen LogP contribution in [0.5, 0.6) is 0 Å². The number of benzene rings is 2. The van der Waals surface area contributed by atoms with Crippen molar-refractivity contribution in [2.24, 2.45) is 7.05 Å². The normalized spacial score (nSPS) is 16.5. The van der Waals surface area contributed by atoms with Gasteiger partial charge < -0.3 is 14.8 Å². The Morgan fingerprint density at radius 2 is 2.07 bits per heavy atom. The van der Waals surface area contributed by atoms with Gasteiger partial charge in [0.05, 0.1) is 16.9 Å². The number of aryl methyl sites for hydroxylation is 2. The molecule has 2 aromatic carbocycles. The molecule has 2 heterocycles. The Balaban J connectivity index is 1.55. The number of nitrogens with one attached hydrogen (secondary N) is 1. The van der Waals surface area contributed by atoms with Gasteiger partial charge in [-0.15, -0.1) is 11.8 Å². The van der Waals surface area contributed by atoms with Gasteiger partial charge in [0.2, 0.25) is 5.91 Å². The lowest BCUT2D eigenvalue weighted by Gasteiger charge is -2.23. The first-order valence-electron chi connectivity index (χ1n) is 8.82. The highest BCUT2D eigenvalue weighted by molar-refractivity contribution is 7.99. The van der Waals surface area contributed by atoms with Crippen molar-refractivity contribution in [3.63, 3.8) is 0 Å². The average molecular weight is 398 g/mol. The Hall–Kier alpha value is -2.87. The Bertz CT molecular complexity index is 1080. The molecule has 3 aromatic rings. The Labute approximate surface area is 165 Å². The number of imidazole rings is 1. The summed E-state index contributed by atoms with van der Waals surface area (Å²) in [6.45, 7) is 1.91. The summed E-state index contributed by atoms with van der Waals surface area (Å²) in [5.41, 5.74) is 2.57. The van der Waals surface area contributed by atoms with Gasteiger partial charge >= 0.3 is 0 Å². The second-order valence-corrected chi connectivity index (χ2v) is 7.71. The van der Waals surface area contributed by atoms with Crippen molar-refractivity contribution in [3.05, 3.63) is 59.7 Å². The fourth-order valence-electron chi connectivity index (χ4n) is 3.27. The predicted octanol–water partition coefficient (Wildman–Crippen LogP) is 3.17. The highest BCUT2D eigenvalue weighted by Crippen LogP contribution is 2.26. The summed E-state index contributed by atoms with van der Waals surface area (Å²) < 4.78 is 15.3. The van der Waals surface area contributed by atoms with Crippen molar-refractivity contribution in [1.29, 1.82) is 0 Å². The highest BCUT2D eigenvalue weighted by Gasteiger charge is 2.35. The van der Waals surface area contributed by atoms with E-state index in [9.17, 15) is 14.0 Å². The number of halogens is 1. The van der Waals surface area contributed by atoms with Crippen molar-refractivity contribution >= 4 is 40.3 Å². The number of thioether (sulfide) groups is 1. The van der Waals surface area contributed by atoms with Crippen LogP contribution in [-0.4, -0.2) is 43.9 Å². The fourth-order valence-corrected chi connectivity index (χ4v) is 4.42. The fraction of sp³-hybridized carbons (Fsp3) is 0.250. The van der Waals surface area contributed by atoms with Crippen LogP contribution < -0.4 is 5.32 Å². The van der Waals surface area contributed by atoms with E-state index in [1.54, 1.807) is 23.1 Å². The molecule has 0 radical (unpaired) electrons. The van der Waals surface area contributed by atoms with Gasteiger partial charge in [-0.2, -0.15) is 0 Å². The Morgan fingerprint density at radius 1 is 1.25 bits per heavy atom. The van der Waals surface area contributed by atoms with E-state index < -0.39 is 11.9 Å². The maximum absolute atomic E-state index is 13.4. The Morgan fingerprint density at radius 3 is 2.86 bits per heavy atom. The molecule has 0 aliphatic carbocycles. The van der Waals surface area contributed by atoms with Crippen LogP contribution in [0.15, 0.2) is 42.5 Å². The zero-order valence-corrected chi connectivity index (χ0v) is 16.3. The third-order valence-electron chi connectivity index (χ3n) is 4.89. The minimum atomic E-state index is -0.609. The van der Waals surface area contributed by atoms with E-state index in [0.29, 0.717) is 22.9 Å². The van der Waals surface area contributed by atoms with Gasteiger partial charge in [0.15, 0.2) is 0 Å². The molecule has 1 fully saturated rings. The molecule has 1 aliphatic rings. The van der Waals surface area contributed by atoms with Gasteiger partial charge in [-0.1, -0.05) is 6.07 Å². The van der Waals surface area contributed by atoms with Crippen molar-refractivity contribution in [2.75, 3.05) is 16.9 Å². The smallest absolute Gasteiger partial charge is 0.255 e. The van der Waals surface area contributed by atoms with Crippen molar-refractivity contribution in [3.8, 4) is 0 Å². The van der Waals surface area contributed by atoms with E-state index >= 15 is 0 Å². The summed E-state index contributed by atoms with van der Waals surface area (Å²) in [7, 11) is 1.93. The third-order valence-corrected chi connectivity index (χ3v) is 5.90. The number of fused-ring (bicyclic) bond motifs is 1. The number of aromatic nitrogens is 2. The van der Waals surface area contributed by atoms with Crippen LogP contribution in [-0.2, 0) is 11.8 Å². The third kappa shape index (κ3) is 3.35. The van der Waals surface area contributed by atoms with E-state index in [0.717, 1.165) is 16.9 Å². The molecule has 0 bridgehead atoms. The number of hydrogen-bond acceptors (Lipinski definition) is 4. The molecular weight excluding hydrogens is 379 g/mol. The average Bonchev–Trinajstić information content (AvgIpc) is 3.26. The molecular formula is C20H19FN4O2S. The summed E-state index contributed by atoms with van der Waals surface area (Å²) in [5.74, 6) is 0.833. The molecule has 8 heteroatoms. The molecule has 1 N–H and O–H groups in total. The molecule has 1 atom stereocenters. The lowest BCUT2D eigenvalue weighted by atomic mass is 10.1. The van der Waals surface area contributed by atoms with E-state index in [1.165, 1.54) is 30.0 Å². The molecule has 1 unspecified atom stereocenters. The molecule has 0 saturated carbocycles. The number of carbonyl (C=O) groups is 2. The molecule has 1 aromatic heterocycles.